The number of carbonyl (C=O) groups is 1. The molecule has 106 valence electrons. The van der Waals surface area contributed by atoms with Crippen molar-refractivity contribution >= 4 is 33.5 Å². The Hall–Kier alpha value is -3.28. The third-order valence-corrected chi connectivity index (χ3v) is 3.51. The smallest absolute Gasteiger partial charge is 0.257 e. The van der Waals surface area contributed by atoms with E-state index in [9.17, 15) is 4.79 Å². The molecule has 4 aromatic rings. The number of nitrogens with zero attached hydrogens (tertiary/aromatic N) is 3. The van der Waals surface area contributed by atoms with E-state index in [1.54, 1.807) is 12.3 Å². The van der Waals surface area contributed by atoms with Crippen LogP contribution in [0.1, 0.15) is 10.4 Å². The molecule has 2 heterocycles. The number of H-pyrrole nitrogens is 1. The third kappa shape index (κ3) is 1.98. The maximum Gasteiger partial charge on any atom is 0.257 e. The Bertz CT molecular complexity index is 987. The van der Waals surface area contributed by atoms with Crippen LogP contribution in [0, 0.1) is 0 Å². The zero-order valence-electron chi connectivity index (χ0n) is 11.4. The quantitative estimate of drug-likeness (QED) is 0.594. The molecule has 0 spiro atoms. The lowest BCUT2D eigenvalue weighted by Crippen LogP contribution is -2.13. The number of anilines is 1. The minimum Gasteiger partial charge on any atom is -0.306 e. The molecule has 0 radical (unpaired) electrons. The van der Waals surface area contributed by atoms with E-state index in [1.807, 2.05) is 36.4 Å². The molecule has 6 nitrogen and oxygen atoms in total. The van der Waals surface area contributed by atoms with Crippen molar-refractivity contribution in [3.05, 3.63) is 60.6 Å². The van der Waals surface area contributed by atoms with Gasteiger partial charge in [0.15, 0.2) is 5.65 Å². The molecule has 1 amide bonds. The van der Waals surface area contributed by atoms with Gasteiger partial charge in [0, 0.05) is 5.56 Å². The summed E-state index contributed by atoms with van der Waals surface area (Å²) >= 11 is 0. The minimum absolute atomic E-state index is 0.210. The van der Waals surface area contributed by atoms with Crippen LogP contribution in [0.5, 0.6) is 0 Å². The fourth-order valence-electron chi connectivity index (χ4n) is 2.46. The molecule has 0 bridgehead atoms. The Kier molecular flexibility index (Phi) is 2.79. The zero-order valence-corrected chi connectivity index (χ0v) is 11.4. The lowest BCUT2D eigenvalue weighted by Gasteiger charge is -2.07. The van der Waals surface area contributed by atoms with E-state index in [-0.39, 0.29) is 5.91 Å². The fraction of sp³-hybridized carbons (Fsp3) is 0. The monoisotopic (exact) mass is 289 g/mol. The highest BCUT2D eigenvalue weighted by molar-refractivity contribution is 6.14. The van der Waals surface area contributed by atoms with Crippen LogP contribution in [-0.4, -0.2) is 26.1 Å². The second-order valence-corrected chi connectivity index (χ2v) is 4.84. The summed E-state index contributed by atoms with van der Waals surface area (Å²) in [6.45, 7) is 0. The van der Waals surface area contributed by atoms with Gasteiger partial charge in [-0.2, -0.15) is 5.10 Å². The molecule has 2 aromatic heterocycles. The van der Waals surface area contributed by atoms with Gasteiger partial charge in [0.1, 0.15) is 12.1 Å². The van der Waals surface area contributed by atoms with Crippen molar-refractivity contribution in [2.24, 2.45) is 0 Å². The number of aromatic amines is 1. The van der Waals surface area contributed by atoms with Crippen LogP contribution in [0.25, 0.3) is 21.8 Å². The van der Waals surface area contributed by atoms with Gasteiger partial charge in [-0.05, 0) is 16.8 Å². The van der Waals surface area contributed by atoms with Gasteiger partial charge in [-0.25, -0.2) is 9.97 Å². The first-order chi connectivity index (χ1) is 10.8. The van der Waals surface area contributed by atoms with Crippen molar-refractivity contribution in [1.29, 1.82) is 0 Å². The molecule has 6 heteroatoms. The molecule has 0 fully saturated rings. The SMILES string of the molecule is O=C(Nc1ncnc2[nH]ncc12)c1cccc2ccccc12. The van der Waals surface area contributed by atoms with Crippen molar-refractivity contribution in [3.8, 4) is 0 Å². The van der Waals surface area contributed by atoms with E-state index >= 15 is 0 Å². The molecule has 0 aliphatic carbocycles. The first-order valence-electron chi connectivity index (χ1n) is 6.76. The fourth-order valence-corrected chi connectivity index (χ4v) is 2.46. The summed E-state index contributed by atoms with van der Waals surface area (Å²) in [6.07, 6.45) is 2.98. The number of fused-ring (bicyclic) bond motifs is 2. The summed E-state index contributed by atoms with van der Waals surface area (Å²) < 4.78 is 0. The molecular weight excluding hydrogens is 278 g/mol. The van der Waals surface area contributed by atoms with Gasteiger partial charge in [-0.15, -0.1) is 0 Å². The van der Waals surface area contributed by atoms with Crippen LogP contribution in [0.15, 0.2) is 55.0 Å². The highest BCUT2D eigenvalue weighted by atomic mass is 16.1. The number of hydrogen-bond donors (Lipinski definition) is 2. The van der Waals surface area contributed by atoms with Crippen LogP contribution in [0.2, 0.25) is 0 Å². The lowest BCUT2D eigenvalue weighted by molar-refractivity contribution is 0.102. The second kappa shape index (κ2) is 4.92. The Morgan fingerprint density at radius 2 is 1.86 bits per heavy atom. The molecular formula is C16H11N5O. The van der Waals surface area contributed by atoms with E-state index in [0.717, 1.165) is 10.8 Å². The first-order valence-corrected chi connectivity index (χ1v) is 6.76. The molecule has 0 aliphatic rings. The van der Waals surface area contributed by atoms with Crippen molar-refractivity contribution in [3.63, 3.8) is 0 Å². The number of hydrogen-bond acceptors (Lipinski definition) is 4. The molecule has 0 aliphatic heterocycles. The van der Waals surface area contributed by atoms with Gasteiger partial charge in [0.05, 0.1) is 11.6 Å². The maximum absolute atomic E-state index is 12.6. The Morgan fingerprint density at radius 1 is 1.00 bits per heavy atom. The van der Waals surface area contributed by atoms with Crippen LogP contribution >= 0.6 is 0 Å². The van der Waals surface area contributed by atoms with Gasteiger partial charge < -0.3 is 5.32 Å². The highest BCUT2D eigenvalue weighted by Crippen LogP contribution is 2.21. The molecule has 4 rings (SSSR count). The van der Waals surface area contributed by atoms with Gasteiger partial charge in [0.2, 0.25) is 0 Å². The van der Waals surface area contributed by atoms with E-state index < -0.39 is 0 Å². The van der Waals surface area contributed by atoms with Crippen molar-refractivity contribution in [2.75, 3.05) is 5.32 Å². The van der Waals surface area contributed by atoms with Crippen LogP contribution < -0.4 is 5.32 Å². The normalized spacial score (nSPS) is 10.9. The predicted octanol–water partition coefficient (Wildman–Crippen LogP) is 2.76. The summed E-state index contributed by atoms with van der Waals surface area (Å²) in [5.74, 6) is 0.231. The molecule has 0 unspecified atom stereocenters. The summed E-state index contributed by atoms with van der Waals surface area (Å²) in [6, 6.07) is 13.4. The van der Waals surface area contributed by atoms with Crippen LogP contribution in [-0.2, 0) is 0 Å². The van der Waals surface area contributed by atoms with Crippen molar-refractivity contribution in [2.45, 2.75) is 0 Å². The summed E-state index contributed by atoms with van der Waals surface area (Å²) in [7, 11) is 0. The number of carbonyl (C=O) groups excluding carboxylic acids is 1. The van der Waals surface area contributed by atoms with E-state index in [0.29, 0.717) is 22.4 Å². The lowest BCUT2D eigenvalue weighted by atomic mass is 10.0. The molecule has 22 heavy (non-hydrogen) atoms. The largest absolute Gasteiger partial charge is 0.306 e. The topological polar surface area (TPSA) is 83.6 Å². The number of nitrogens with one attached hydrogen (secondary N) is 2. The van der Waals surface area contributed by atoms with Crippen molar-refractivity contribution < 1.29 is 4.79 Å². The second-order valence-electron chi connectivity index (χ2n) is 4.84. The number of benzene rings is 2. The van der Waals surface area contributed by atoms with E-state index in [2.05, 4.69) is 25.5 Å². The Morgan fingerprint density at radius 3 is 2.82 bits per heavy atom. The van der Waals surface area contributed by atoms with Crippen LogP contribution in [0.3, 0.4) is 0 Å². The Labute approximate surface area is 125 Å². The Balaban J connectivity index is 1.77. The average molecular weight is 289 g/mol. The minimum atomic E-state index is -0.210. The predicted molar refractivity (Wildman–Crippen MR) is 83.6 cm³/mol. The number of aromatic nitrogens is 4. The number of rotatable bonds is 2. The highest BCUT2D eigenvalue weighted by Gasteiger charge is 2.13. The van der Waals surface area contributed by atoms with Gasteiger partial charge in [0.25, 0.3) is 5.91 Å². The first kappa shape index (κ1) is 12.5. The van der Waals surface area contributed by atoms with Gasteiger partial charge in [-0.1, -0.05) is 36.4 Å². The standard InChI is InChI=1S/C16H11N5O/c22-16(12-7-3-5-10-4-1-2-6-11(10)12)20-14-13-8-19-21-15(13)18-9-17-14/h1-9H,(H2,17,18,19,20,21,22). The van der Waals surface area contributed by atoms with E-state index in [4.69, 9.17) is 0 Å². The number of amides is 1. The molecule has 0 atom stereocenters. The van der Waals surface area contributed by atoms with Gasteiger partial charge in [-0.3, -0.25) is 9.89 Å². The zero-order chi connectivity index (χ0) is 14.9. The third-order valence-electron chi connectivity index (χ3n) is 3.51. The maximum atomic E-state index is 12.6. The average Bonchev–Trinajstić information content (AvgIpc) is 3.04. The van der Waals surface area contributed by atoms with E-state index in [1.165, 1.54) is 6.33 Å². The molecule has 2 aromatic carbocycles. The molecule has 0 saturated carbocycles. The summed E-state index contributed by atoms with van der Waals surface area (Å²) in [5, 5.41) is 12.1. The van der Waals surface area contributed by atoms with Crippen molar-refractivity contribution in [1.82, 2.24) is 20.2 Å². The van der Waals surface area contributed by atoms with Crippen LogP contribution in [0.4, 0.5) is 5.82 Å². The molecule has 0 saturated heterocycles. The molecule has 2 N–H and O–H groups in total. The van der Waals surface area contributed by atoms with Gasteiger partial charge >= 0.3 is 0 Å². The summed E-state index contributed by atoms with van der Waals surface area (Å²) in [4.78, 5) is 20.8. The summed E-state index contributed by atoms with van der Waals surface area (Å²) in [5.41, 5.74) is 1.19.